The average Bonchev–Trinajstić information content (AvgIpc) is 3.34. The van der Waals surface area contributed by atoms with Crippen LogP contribution >= 0.6 is 0 Å². The van der Waals surface area contributed by atoms with Crippen molar-refractivity contribution in [2.24, 2.45) is 11.8 Å². The average molecular weight is 602 g/mol. The number of rotatable bonds is 14. The minimum Gasteiger partial charge on any atom is -0.466 e. The lowest BCUT2D eigenvalue weighted by atomic mass is 9.85. The van der Waals surface area contributed by atoms with Crippen LogP contribution in [0.5, 0.6) is 0 Å². The van der Waals surface area contributed by atoms with Crippen LogP contribution in [0.4, 0.5) is 0 Å². The minimum absolute atomic E-state index is 0.0360. The molecule has 1 saturated carbocycles. The van der Waals surface area contributed by atoms with Gasteiger partial charge in [-0.2, -0.15) is 0 Å². The summed E-state index contributed by atoms with van der Waals surface area (Å²) < 4.78 is 16.3. The summed E-state index contributed by atoms with van der Waals surface area (Å²) in [6, 6.07) is 3.84. The zero-order chi connectivity index (χ0) is 30.6. The minimum atomic E-state index is -0.469. The molecule has 4 rings (SSSR count). The first kappa shape index (κ1) is 32.8. The number of carbonyl (C=O) groups is 4. The summed E-state index contributed by atoms with van der Waals surface area (Å²) in [5.74, 6) is -0.620. The number of pyridine rings is 1. The summed E-state index contributed by atoms with van der Waals surface area (Å²) in [5, 5.41) is 2.88. The van der Waals surface area contributed by atoms with Crippen molar-refractivity contribution in [3.8, 4) is 0 Å². The molecule has 0 unspecified atom stereocenters. The number of likely N-dealkylation sites (tertiary alicyclic amines) is 1. The Kier molecular flexibility index (Phi) is 12.7. The quantitative estimate of drug-likeness (QED) is 0.248. The molecule has 0 aromatic carbocycles. The lowest BCUT2D eigenvalue weighted by Gasteiger charge is -2.41. The molecular formula is C31H47N5O7. The third-order valence-corrected chi connectivity index (χ3v) is 8.83. The highest BCUT2D eigenvalue weighted by Crippen LogP contribution is 2.36. The Hall–Kier alpha value is -3.09. The summed E-state index contributed by atoms with van der Waals surface area (Å²) in [5.41, 5.74) is 0.844. The SMILES string of the molecule is CCOC(=O)C1CCC(N2CCN(C(=O)CCOCCOCCNC(=O)[C@H]3CC(=O)N(C)[C@@H]3c3cccnc3)CC2)CC1. The number of carbonyl (C=O) groups excluding carboxylic acids is 4. The largest absolute Gasteiger partial charge is 0.466 e. The zero-order valence-electron chi connectivity index (χ0n) is 25.6. The van der Waals surface area contributed by atoms with Gasteiger partial charge < -0.3 is 29.3 Å². The molecule has 0 spiro atoms. The van der Waals surface area contributed by atoms with Crippen molar-refractivity contribution in [2.75, 3.05) is 72.8 Å². The third kappa shape index (κ3) is 9.20. The fourth-order valence-electron chi connectivity index (χ4n) is 6.40. The number of esters is 1. The third-order valence-electron chi connectivity index (χ3n) is 8.83. The molecule has 1 aromatic heterocycles. The first-order valence-electron chi connectivity index (χ1n) is 15.7. The number of amides is 3. The highest BCUT2D eigenvalue weighted by Gasteiger charge is 2.42. The maximum Gasteiger partial charge on any atom is 0.308 e. The Bertz CT molecular complexity index is 1060. The van der Waals surface area contributed by atoms with E-state index >= 15 is 0 Å². The molecule has 43 heavy (non-hydrogen) atoms. The molecule has 0 bridgehead atoms. The van der Waals surface area contributed by atoms with E-state index in [0.29, 0.717) is 52.0 Å². The van der Waals surface area contributed by atoms with Crippen molar-refractivity contribution in [1.82, 2.24) is 25.0 Å². The molecule has 3 fully saturated rings. The molecule has 3 aliphatic rings. The highest BCUT2D eigenvalue weighted by atomic mass is 16.5. The van der Waals surface area contributed by atoms with Crippen molar-refractivity contribution >= 4 is 23.7 Å². The van der Waals surface area contributed by atoms with Gasteiger partial charge in [0.2, 0.25) is 17.7 Å². The summed E-state index contributed by atoms with van der Waals surface area (Å²) in [7, 11) is 1.72. The second kappa shape index (κ2) is 16.7. The Labute approximate surface area is 254 Å². The van der Waals surface area contributed by atoms with Crippen LogP contribution in [0.15, 0.2) is 24.5 Å². The van der Waals surface area contributed by atoms with E-state index < -0.39 is 5.92 Å². The van der Waals surface area contributed by atoms with Gasteiger partial charge in [-0.05, 0) is 44.2 Å². The van der Waals surface area contributed by atoms with E-state index in [4.69, 9.17) is 14.2 Å². The van der Waals surface area contributed by atoms with Gasteiger partial charge in [-0.25, -0.2) is 0 Å². The van der Waals surface area contributed by atoms with E-state index in [0.717, 1.165) is 57.4 Å². The Morgan fingerprint density at radius 3 is 2.40 bits per heavy atom. The number of aromatic nitrogens is 1. The second-order valence-electron chi connectivity index (χ2n) is 11.5. The number of hydrogen-bond acceptors (Lipinski definition) is 9. The number of ether oxygens (including phenoxy) is 3. The zero-order valence-corrected chi connectivity index (χ0v) is 25.6. The van der Waals surface area contributed by atoms with E-state index in [-0.39, 0.29) is 42.1 Å². The van der Waals surface area contributed by atoms with Gasteiger partial charge in [-0.3, -0.25) is 29.1 Å². The smallest absolute Gasteiger partial charge is 0.308 e. The molecule has 238 valence electrons. The predicted molar refractivity (Wildman–Crippen MR) is 158 cm³/mol. The molecule has 1 aliphatic carbocycles. The molecule has 0 radical (unpaired) electrons. The molecule has 12 nitrogen and oxygen atoms in total. The maximum atomic E-state index is 12.8. The molecule has 1 N–H and O–H groups in total. The summed E-state index contributed by atoms with van der Waals surface area (Å²) in [6.07, 6.45) is 7.65. The first-order valence-corrected chi connectivity index (χ1v) is 15.7. The Morgan fingerprint density at radius 2 is 1.72 bits per heavy atom. The van der Waals surface area contributed by atoms with Crippen molar-refractivity contribution in [3.05, 3.63) is 30.1 Å². The molecule has 3 amide bonds. The number of nitrogens with zero attached hydrogens (tertiary/aromatic N) is 4. The fourth-order valence-corrected chi connectivity index (χ4v) is 6.40. The molecule has 1 aromatic rings. The van der Waals surface area contributed by atoms with Gasteiger partial charge in [-0.15, -0.1) is 0 Å². The molecule has 2 aliphatic heterocycles. The van der Waals surface area contributed by atoms with Crippen molar-refractivity contribution in [3.63, 3.8) is 0 Å². The lowest BCUT2D eigenvalue weighted by Crippen LogP contribution is -2.52. The standard InChI is InChI=1S/C31H47N5O7/c1-3-43-31(40)23-6-8-25(9-7-23)35-13-15-36(16-14-35)27(37)10-17-41-19-20-42-18-12-33-30(39)26-21-28(38)34(2)29(26)24-5-4-11-32-22-24/h4-5,11,22-23,25-26,29H,3,6-10,12-21H2,1-2H3,(H,33,39)/t23?,25?,26-,29+/m0/s1. The summed E-state index contributed by atoms with van der Waals surface area (Å²) >= 11 is 0. The number of hydrogen-bond donors (Lipinski definition) is 1. The fraction of sp³-hybridized carbons (Fsp3) is 0.710. The van der Waals surface area contributed by atoms with Crippen LogP contribution in [-0.2, 0) is 33.4 Å². The number of piperazine rings is 1. The van der Waals surface area contributed by atoms with Crippen LogP contribution in [0, 0.1) is 11.8 Å². The summed E-state index contributed by atoms with van der Waals surface area (Å²) in [6.45, 7) is 7.20. The van der Waals surface area contributed by atoms with E-state index in [1.54, 1.807) is 30.4 Å². The monoisotopic (exact) mass is 601 g/mol. The van der Waals surface area contributed by atoms with E-state index in [1.807, 2.05) is 17.9 Å². The normalized spacial score (nSPS) is 24.7. The Balaban J connectivity index is 1.01. The van der Waals surface area contributed by atoms with Gasteiger partial charge in [0.1, 0.15) is 0 Å². The molecule has 12 heteroatoms. The van der Waals surface area contributed by atoms with Crippen LogP contribution in [0.25, 0.3) is 0 Å². The number of nitrogens with one attached hydrogen (secondary N) is 1. The van der Waals surface area contributed by atoms with Gasteiger partial charge in [0.25, 0.3) is 0 Å². The van der Waals surface area contributed by atoms with Crippen molar-refractivity contribution in [2.45, 2.75) is 57.5 Å². The second-order valence-corrected chi connectivity index (χ2v) is 11.5. The van der Waals surface area contributed by atoms with E-state index in [9.17, 15) is 19.2 Å². The van der Waals surface area contributed by atoms with Crippen LogP contribution < -0.4 is 5.32 Å². The van der Waals surface area contributed by atoms with E-state index in [2.05, 4.69) is 15.2 Å². The van der Waals surface area contributed by atoms with Gasteiger partial charge in [-0.1, -0.05) is 6.07 Å². The molecule has 3 heterocycles. The van der Waals surface area contributed by atoms with Crippen molar-refractivity contribution in [1.29, 1.82) is 0 Å². The molecular weight excluding hydrogens is 554 g/mol. The maximum absolute atomic E-state index is 12.8. The first-order chi connectivity index (χ1) is 20.9. The molecule has 2 atom stereocenters. The summed E-state index contributed by atoms with van der Waals surface area (Å²) in [4.78, 5) is 59.8. The Morgan fingerprint density at radius 1 is 1.00 bits per heavy atom. The van der Waals surface area contributed by atoms with Gasteiger partial charge in [0.05, 0.1) is 57.3 Å². The lowest BCUT2D eigenvalue weighted by molar-refractivity contribution is -0.149. The van der Waals surface area contributed by atoms with Crippen molar-refractivity contribution < 1.29 is 33.4 Å². The van der Waals surface area contributed by atoms with Crippen LogP contribution in [-0.4, -0.2) is 122 Å². The van der Waals surface area contributed by atoms with Gasteiger partial charge >= 0.3 is 5.97 Å². The van der Waals surface area contributed by atoms with Crippen LogP contribution in [0.1, 0.15) is 57.1 Å². The molecule has 2 saturated heterocycles. The van der Waals surface area contributed by atoms with E-state index in [1.165, 1.54) is 0 Å². The van der Waals surface area contributed by atoms with Crippen LogP contribution in [0.2, 0.25) is 0 Å². The topological polar surface area (TPSA) is 131 Å². The highest BCUT2D eigenvalue weighted by molar-refractivity contribution is 5.90. The van der Waals surface area contributed by atoms with Gasteiger partial charge in [0.15, 0.2) is 0 Å². The van der Waals surface area contributed by atoms with Gasteiger partial charge in [0, 0.05) is 64.6 Å². The van der Waals surface area contributed by atoms with Crippen LogP contribution in [0.3, 0.4) is 0 Å². The predicted octanol–water partition coefficient (Wildman–Crippen LogP) is 1.41.